The van der Waals surface area contributed by atoms with Crippen LogP contribution in [0.1, 0.15) is 20.8 Å². The number of hydrogen-bond acceptors (Lipinski definition) is 4. The fourth-order valence-electron chi connectivity index (χ4n) is 1.19. The maximum absolute atomic E-state index is 4.55. The van der Waals surface area contributed by atoms with E-state index in [1.807, 2.05) is 0 Å². The molecule has 0 aliphatic carbocycles. The van der Waals surface area contributed by atoms with Crippen molar-refractivity contribution >= 4 is 27.8 Å². The standard InChI is InChI=1S/C11H14N2S2/c1-11(2,3)13-10-12-9(7-15-10)8-4-5-14-6-8/h4-7H,1-3H3,(H,12,13). The summed E-state index contributed by atoms with van der Waals surface area (Å²) >= 11 is 3.36. The van der Waals surface area contributed by atoms with Crippen LogP contribution in [0.4, 0.5) is 5.13 Å². The molecule has 0 amide bonds. The molecule has 0 aromatic carbocycles. The molecule has 0 spiro atoms. The second-order valence-corrected chi connectivity index (χ2v) is 6.06. The molecule has 15 heavy (non-hydrogen) atoms. The second kappa shape index (κ2) is 3.94. The smallest absolute Gasteiger partial charge is 0.183 e. The number of nitrogens with zero attached hydrogens (tertiary/aromatic N) is 1. The fourth-order valence-corrected chi connectivity index (χ4v) is 2.77. The van der Waals surface area contributed by atoms with Crippen molar-refractivity contribution in [3.63, 3.8) is 0 Å². The lowest BCUT2D eigenvalue weighted by Gasteiger charge is -2.19. The Bertz CT molecular complexity index is 424. The number of rotatable bonds is 2. The average Bonchev–Trinajstić information content (AvgIpc) is 2.68. The van der Waals surface area contributed by atoms with E-state index >= 15 is 0 Å². The molecule has 80 valence electrons. The first-order valence-corrected chi connectivity index (χ1v) is 6.63. The summed E-state index contributed by atoms with van der Waals surface area (Å²) in [6.07, 6.45) is 0. The van der Waals surface area contributed by atoms with Crippen molar-refractivity contribution in [2.75, 3.05) is 5.32 Å². The Kier molecular flexibility index (Phi) is 2.80. The van der Waals surface area contributed by atoms with Crippen molar-refractivity contribution in [2.45, 2.75) is 26.3 Å². The molecule has 2 heterocycles. The third-order valence-electron chi connectivity index (χ3n) is 1.80. The Labute approximate surface area is 98.0 Å². The van der Waals surface area contributed by atoms with Gasteiger partial charge in [-0.05, 0) is 32.2 Å². The van der Waals surface area contributed by atoms with Gasteiger partial charge >= 0.3 is 0 Å². The van der Waals surface area contributed by atoms with Gasteiger partial charge in [0.05, 0.1) is 5.69 Å². The van der Waals surface area contributed by atoms with E-state index in [2.05, 4.69) is 53.3 Å². The number of thiophene rings is 1. The monoisotopic (exact) mass is 238 g/mol. The summed E-state index contributed by atoms with van der Waals surface area (Å²) in [5, 5.41) is 10.7. The molecular formula is C11H14N2S2. The van der Waals surface area contributed by atoms with Crippen molar-refractivity contribution in [1.82, 2.24) is 4.98 Å². The third kappa shape index (κ3) is 2.79. The summed E-state index contributed by atoms with van der Waals surface area (Å²) in [4.78, 5) is 4.55. The van der Waals surface area contributed by atoms with Gasteiger partial charge in [-0.1, -0.05) is 0 Å². The van der Waals surface area contributed by atoms with E-state index in [1.165, 1.54) is 5.56 Å². The normalized spacial score (nSPS) is 11.7. The van der Waals surface area contributed by atoms with Crippen LogP contribution in [0.25, 0.3) is 11.3 Å². The molecule has 0 atom stereocenters. The second-order valence-electron chi connectivity index (χ2n) is 4.42. The summed E-state index contributed by atoms with van der Waals surface area (Å²) in [5.74, 6) is 0. The molecule has 0 aliphatic rings. The molecule has 1 N–H and O–H groups in total. The van der Waals surface area contributed by atoms with Crippen LogP contribution in [0, 0.1) is 0 Å². The first-order chi connectivity index (χ1) is 7.04. The molecule has 0 saturated carbocycles. The summed E-state index contributed by atoms with van der Waals surface area (Å²) in [6, 6.07) is 2.10. The largest absolute Gasteiger partial charge is 0.357 e. The minimum atomic E-state index is 0.0732. The topological polar surface area (TPSA) is 24.9 Å². The number of aromatic nitrogens is 1. The van der Waals surface area contributed by atoms with Crippen molar-refractivity contribution in [3.8, 4) is 11.3 Å². The summed E-state index contributed by atoms with van der Waals surface area (Å²) < 4.78 is 0. The van der Waals surface area contributed by atoms with Crippen LogP contribution in [-0.2, 0) is 0 Å². The van der Waals surface area contributed by atoms with Crippen molar-refractivity contribution in [2.24, 2.45) is 0 Å². The number of thiazole rings is 1. The summed E-state index contributed by atoms with van der Waals surface area (Å²) in [7, 11) is 0. The van der Waals surface area contributed by atoms with E-state index in [0.29, 0.717) is 0 Å². The van der Waals surface area contributed by atoms with Gasteiger partial charge in [0.25, 0.3) is 0 Å². The van der Waals surface area contributed by atoms with Gasteiger partial charge in [-0.15, -0.1) is 11.3 Å². The number of nitrogens with one attached hydrogen (secondary N) is 1. The lowest BCUT2D eigenvalue weighted by Crippen LogP contribution is -2.25. The van der Waals surface area contributed by atoms with Gasteiger partial charge in [-0.25, -0.2) is 4.98 Å². The maximum Gasteiger partial charge on any atom is 0.183 e. The van der Waals surface area contributed by atoms with Gasteiger partial charge in [0.1, 0.15) is 0 Å². The zero-order valence-corrected chi connectivity index (χ0v) is 10.7. The molecule has 0 fully saturated rings. The van der Waals surface area contributed by atoms with Gasteiger partial charge in [-0.2, -0.15) is 11.3 Å². The van der Waals surface area contributed by atoms with Crippen molar-refractivity contribution < 1.29 is 0 Å². The van der Waals surface area contributed by atoms with Crippen LogP contribution in [0.15, 0.2) is 22.2 Å². The van der Waals surface area contributed by atoms with E-state index in [-0.39, 0.29) is 5.54 Å². The minimum absolute atomic E-state index is 0.0732. The van der Waals surface area contributed by atoms with Crippen LogP contribution < -0.4 is 5.32 Å². The Hall–Kier alpha value is -0.870. The molecular weight excluding hydrogens is 224 g/mol. The zero-order valence-electron chi connectivity index (χ0n) is 9.07. The maximum atomic E-state index is 4.55. The van der Waals surface area contributed by atoms with E-state index in [9.17, 15) is 0 Å². The molecule has 2 aromatic heterocycles. The quantitative estimate of drug-likeness (QED) is 0.852. The highest BCUT2D eigenvalue weighted by Gasteiger charge is 2.12. The SMILES string of the molecule is CC(C)(C)Nc1nc(-c2ccsc2)cs1. The van der Waals surface area contributed by atoms with E-state index in [1.54, 1.807) is 22.7 Å². The van der Waals surface area contributed by atoms with Crippen molar-refractivity contribution in [3.05, 3.63) is 22.2 Å². The molecule has 0 unspecified atom stereocenters. The van der Waals surface area contributed by atoms with Crippen LogP contribution in [0.5, 0.6) is 0 Å². The predicted octanol–water partition coefficient (Wildman–Crippen LogP) is 4.08. The molecule has 0 bridgehead atoms. The van der Waals surface area contributed by atoms with Gasteiger partial charge in [0, 0.05) is 21.9 Å². The molecule has 2 nitrogen and oxygen atoms in total. The first kappa shape index (κ1) is 10.6. The van der Waals surface area contributed by atoms with Gasteiger partial charge in [0.15, 0.2) is 5.13 Å². The number of hydrogen-bond donors (Lipinski definition) is 1. The van der Waals surface area contributed by atoms with Crippen molar-refractivity contribution in [1.29, 1.82) is 0 Å². The van der Waals surface area contributed by atoms with Gasteiger partial charge < -0.3 is 5.32 Å². The highest BCUT2D eigenvalue weighted by Crippen LogP contribution is 2.27. The Morgan fingerprint density at radius 1 is 1.27 bits per heavy atom. The summed E-state index contributed by atoms with van der Waals surface area (Å²) in [6.45, 7) is 6.41. The molecule has 2 aromatic rings. The number of anilines is 1. The van der Waals surface area contributed by atoms with E-state index in [0.717, 1.165) is 10.8 Å². The zero-order chi connectivity index (χ0) is 10.9. The first-order valence-electron chi connectivity index (χ1n) is 4.81. The summed E-state index contributed by atoms with van der Waals surface area (Å²) in [5.41, 5.74) is 2.34. The Balaban J connectivity index is 2.18. The van der Waals surface area contributed by atoms with Crippen LogP contribution in [-0.4, -0.2) is 10.5 Å². The van der Waals surface area contributed by atoms with Crippen LogP contribution in [0.2, 0.25) is 0 Å². The molecule has 0 aliphatic heterocycles. The van der Waals surface area contributed by atoms with E-state index < -0.39 is 0 Å². The highest BCUT2D eigenvalue weighted by molar-refractivity contribution is 7.14. The third-order valence-corrected chi connectivity index (χ3v) is 3.24. The molecule has 4 heteroatoms. The predicted molar refractivity (Wildman–Crippen MR) is 68.8 cm³/mol. The highest BCUT2D eigenvalue weighted by atomic mass is 32.1. The lowest BCUT2D eigenvalue weighted by molar-refractivity contribution is 0.633. The van der Waals surface area contributed by atoms with Gasteiger partial charge in [-0.3, -0.25) is 0 Å². The van der Waals surface area contributed by atoms with Crippen LogP contribution in [0.3, 0.4) is 0 Å². The Morgan fingerprint density at radius 3 is 2.67 bits per heavy atom. The minimum Gasteiger partial charge on any atom is -0.357 e. The molecule has 0 saturated heterocycles. The lowest BCUT2D eigenvalue weighted by atomic mass is 10.1. The van der Waals surface area contributed by atoms with E-state index in [4.69, 9.17) is 0 Å². The Morgan fingerprint density at radius 2 is 2.07 bits per heavy atom. The average molecular weight is 238 g/mol. The fraction of sp³-hybridized carbons (Fsp3) is 0.364. The van der Waals surface area contributed by atoms with Gasteiger partial charge in [0.2, 0.25) is 0 Å². The molecule has 0 radical (unpaired) electrons. The van der Waals surface area contributed by atoms with Crippen LogP contribution >= 0.6 is 22.7 Å². The molecule has 2 rings (SSSR count).